The number of ether oxygens (including phenoxy) is 2. The normalized spacial score (nSPS) is 24.6. The van der Waals surface area contributed by atoms with E-state index < -0.39 is 0 Å². The molecule has 1 unspecified atom stereocenters. The Balaban J connectivity index is 2.27. The molecule has 0 saturated carbocycles. The van der Waals surface area contributed by atoms with Crippen molar-refractivity contribution in [1.29, 1.82) is 0 Å². The fraction of sp³-hybridized carbons (Fsp3) is 0.917. The van der Waals surface area contributed by atoms with Crippen molar-refractivity contribution in [2.24, 2.45) is 0 Å². The second kappa shape index (κ2) is 6.33. The Morgan fingerprint density at radius 1 is 1.59 bits per heavy atom. The summed E-state index contributed by atoms with van der Waals surface area (Å²) in [4.78, 5) is 13.8. The molecule has 5 nitrogen and oxygen atoms in total. The lowest BCUT2D eigenvalue weighted by molar-refractivity contribution is -0.131. The first-order valence-corrected chi connectivity index (χ1v) is 6.04. The second-order valence-electron chi connectivity index (χ2n) is 5.17. The molecule has 0 radical (unpaired) electrons. The molecule has 1 N–H and O–H groups in total. The maximum atomic E-state index is 11.6. The SMILES string of the molecule is COCCNC(=O)CC1CN(C)C(C)(C)CO1. The van der Waals surface area contributed by atoms with Crippen molar-refractivity contribution in [2.45, 2.75) is 31.9 Å². The predicted octanol–water partition coefficient (Wildman–Crippen LogP) is 0.248. The summed E-state index contributed by atoms with van der Waals surface area (Å²) in [5, 5.41) is 2.80. The molecule has 0 bridgehead atoms. The lowest BCUT2D eigenvalue weighted by Crippen LogP contribution is -2.54. The van der Waals surface area contributed by atoms with Gasteiger partial charge in [0, 0.05) is 25.7 Å². The van der Waals surface area contributed by atoms with E-state index in [1.807, 2.05) is 0 Å². The lowest BCUT2D eigenvalue weighted by atomic mass is 10.0. The van der Waals surface area contributed by atoms with E-state index in [0.29, 0.717) is 26.2 Å². The summed E-state index contributed by atoms with van der Waals surface area (Å²) >= 11 is 0. The van der Waals surface area contributed by atoms with Crippen molar-refractivity contribution < 1.29 is 14.3 Å². The molecule has 1 saturated heterocycles. The third-order valence-electron chi connectivity index (χ3n) is 3.22. The van der Waals surface area contributed by atoms with Gasteiger partial charge in [-0.15, -0.1) is 0 Å². The van der Waals surface area contributed by atoms with Gasteiger partial charge < -0.3 is 14.8 Å². The fourth-order valence-corrected chi connectivity index (χ4v) is 1.73. The van der Waals surface area contributed by atoms with Gasteiger partial charge in [0.15, 0.2) is 0 Å². The molecule has 0 spiro atoms. The van der Waals surface area contributed by atoms with Crippen LogP contribution in [0.4, 0.5) is 0 Å². The maximum absolute atomic E-state index is 11.6. The van der Waals surface area contributed by atoms with Gasteiger partial charge in [0.05, 0.1) is 25.7 Å². The van der Waals surface area contributed by atoms with Crippen molar-refractivity contribution >= 4 is 5.91 Å². The molecule has 1 fully saturated rings. The van der Waals surface area contributed by atoms with Gasteiger partial charge in [0.25, 0.3) is 0 Å². The first kappa shape index (κ1) is 14.4. The Morgan fingerprint density at radius 2 is 2.29 bits per heavy atom. The zero-order chi connectivity index (χ0) is 12.9. The Morgan fingerprint density at radius 3 is 2.88 bits per heavy atom. The Bertz CT molecular complexity index is 256. The van der Waals surface area contributed by atoms with Crippen LogP contribution < -0.4 is 5.32 Å². The van der Waals surface area contributed by atoms with Crippen LogP contribution in [-0.2, 0) is 14.3 Å². The summed E-state index contributed by atoms with van der Waals surface area (Å²) in [6, 6.07) is 0. The lowest BCUT2D eigenvalue weighted by Gasteiger charge is -2.43. The smallest absolute Gasteiger partial charge is 0.222 e. The quantitative estimate of drug-likeness (QED) is 0.704. The van der Waals surface area contributed by atoms with Gasteiger partial charge in [-0.25, -0.2) is 0 Å². The number of hydrogen-bond acceptors (Lipinski definition) is 4. The van der Waals surface area contributed by atoms with Gasteiger partial charge in [0.2, 0.25) is 5.91 Å². The van der Waals surface area contributed by atoms with Crippen molar-refractivity contribution in [1.82, 2.24) is 10.2 Å². The molecule has 0 aromatic heterocycles. The van der Waals surface area contributed by atoms with E-state index in [-0.39, 0.29) is 17.6 Å². The molecule has 1 heterocycles. The molecule has 17 heavy (non-hydrogen) atoms. The third kappa shape index (κ3) is 4.61. The zero-order valence-electron chi connectivity index (χ0n) is 11.3. The van der Waals surface area contributed by atoms with Gasteiger partial charge in [-0.3, -0.25) is 9.69 Å². The third-order valence-corrected chi connectivity index (χ3v) is 3.22. The largest absolute Gasteiger partial charge is 0.383 e. The second-order valence-corrected chi connectivity index (χ2v) is 5.17. The summed E-state index contributed by atoms with van der Waals surface area (Å²) in [6.45, 7) is 6.85. The van der Waals surface area contributed by atoms with E-state index >= 15 is 0 Å². The van der Waals surface area contributed by atoms with E-state index in [4.69, 9.17) is 9.47 Å². The molecule has 1 amide bonds. The Hall–Kier alpha value is -0.650. The standard InChI is InChI=1S/C12H24N2O3/c1-12(2)9-17-10(8-14(12)3)7-11(15)13-5-6-16-4/h10H,5-9H2,1-4H3,(H,13,15). The van der Waals surface area contributed by atoms with Crippen LogP contribution in [0.2, 0.25) is 0 Å². The zero-order valence-corrected chi connectivity index (χ0v) is 11.3. The molecule has 0 aliphatic carbocycles. The predicted molar refractivity (Wildman–Crippen MR) is 66.0 cm³/mol. The highest BCUT2D eigenvalue weighted by molar-refractivity contribution is 5.76. The maximum Gasteiger partial charge on any atom is 0.222 e. The van der Waals surface area contributed by atoms with Gasteiger partial charge in [-0.2, -0.15) is 0 Å². The van der Waals surface area contributed by atoms with Crippen molar-refractivity contribution in [2.75, 3.05) is 40.5 Å². The average molecular weight is 244 g/mol. The van der Waals surface area contributed by atoms with E-state index in [2.05, 4.69) is 31.1 Å². The van der Waals surface area contributed by atoms with E-state index in [9.17, 15) is 4.79 Å². The highest BCUT2D eigenvalue weighted by atomic mass is 16.5. The number of hydrogen-bond donors (Lipinski definition) is 1. The molecule has 1 aliphatic rings. The molecule has 0 aromatic carbocycles. The molecule has 1 aliphatic heterocycles. The number of carbonyl (C=O) groups excluding carboxylic acids is 1. The van der Waals surface area contributed by atoms with Gasteiger partial charge in [0.1, 0.15) is 0 Å². The van der Waals surface area contributed by atoms with Crippen LogP contribution >= 0.6 is 0 Å². The highest BCUT2D eigenvalue weighted by Crippen LogP contribution is 2.21. The number of amides is 1. The van der Waals surface area contributed by atoms with Crippen molar-refractivity contribution in [3.8, 4) is 0 Å². The number of likely N-dealkylation sites (N-methyl/N-ethyl adjacent to an activating group) is 1. The minimum Gasteiger partial charge on any atom is -0.383 e. The topological polar surface area (TPSA) is 50.8 Å². The van der Waals surface area contributed by atoms with E-state index in [1.165, 1.54) is 0 Å². The molecule has 0 aromatic rings. The van der Waals surface area contributed by atoms with Crippen molar-refractivity contribution in [3.05, 3.63) is 0 Å². The Labute approximate surface area is 103 Å². The molecule has 1 rings (SSSR count). The first-order valence-electron chi connectivity index (χ1n) is 6.04. The van der Waals surface area contributed by atoms with Crippen LogP contribution in [0.15, 0.2) is 0 Å². The van der Waals surface area contributed by atoms with Gasteiger partial charge in [-0.1, -0.05) is 0 Å². The number of methoxy groups -OCH3 is 1. The summed E-state index contributed by atoms with van der Waals surface area (Å²) in [5.74, 6) is 0.0279. The molecular weight excluding hydrogens is 220 g/mol. The summed E-state index contributed by atoms with van der Waals surface area (Å²) in [5.41, 5.74) is 0.0586. The van der Waals surface area contributed by atoms with Crippen LogP contribution in [0.3, 0.4) is 0 Å². The van der Waals surface area contributed by atoms with Crippen LogP contribution in [0.25, 0.3) is 0 Å². The first-order chi connectivity index (χ1) is 7.95. The van der Waals surface area contributed by atoms with Crippen LogP contribution in [-0.4, -0.2) is 62.9 Å². The van der Waals surface area contributed by atoms with E-state index in [0.717, 1.165) is 6.54 Å². The van der Waals surface area contributed by atoms with Gasteiger partial charge in [-0.05, 0) is 20.9 Å². The summed E-state index contributed by atoms with van der Waals surface area (Å²) in [7, 11) is 3.69. The monoisotopic (exact) mass is 244 g/mol. The fourth-order valence-electron chi connectivity index (χ4n) is 1.73. The minimum atomic E-state index is -0.00410. The molecule has 1 atom stereocenters. The summed E-state index contributed by atoms with van der Waals surface area (Å²) < 4.78 is 10.6. The molecule has 100 valence electrons. The van der Waals surface area contributed by atoms with Crippen LogP contribution in [0.1, 0.15) is 20.3 Å². The minimum absolute atomic E-state index is 0.00410. The van der Waals surface area contributed by atoms with Crippen LogP contribution in [0, 0.1) is 0 Å². The molecule has 5 heteroatoms. The van der Waals surface area contributed by atoms with E-state index in [1.54, 1.807) is 7.11 Å². The van der Waals surface area contributed by atoms with Gasteiger partial charge >= 0.3 is 0 Å². The Kier molecular flexibility index (Phi) is 5.36. The number of carbonyl (C=O) groups is 1. The number of rotatable bonds is 5. The average Bonchev–Trinajstić information content (AvgIpc) is 2.24. The number of morpholine rings is 1. The van der Waals surface area contributed by atoms with Crippen LogP contribution in [0.5, 0.6) is 0 Å². The number of nitrogens with one attached hydrogen (secondary N) is 1. The van der Waals surface area contributed by atoms with Crippen molar-refractivity contribution in [3.63, 3.8) is 0 Å². The number of nitrogens with zero attached hydrogens (tertiary/aromatic N) is 1. The highest BCUT2D eigenvalue weighted by Gasteiger charge is 2.33. The summed E-state index contributed by atoms with van der Waals surface area (Å²) in [6.07, 6.45) is 0.417. The molecular formula is C12H24N2O3.